The molecule has 0 aliphatic heterocycles. The Morgan fingerprint density at radius 2 is 2.16 bits per heavy atom. The molecule has 1 amide bonds. The summed E-state index contributed by atoms with van der Waals surface area (Å²) in [7, 11) is 0. The zero-order valence-corrected chi connectivity index (χ0v) is 14.4. The zero-order chi connectivity index (χ0) is 18.0. The molecule has 1 aliphatic rings. The van der Waals surface area contributed by atoms with Gasteiger partial charge < -0.3 is 10.1 Å². The number of nitrogens with one attached hydrogen (secondary N) is 1. The van der Waals surface area contributed by atoms with Crippen LogP contribution in [-0.2, 0) is 11.3 Å². The van der Waals surface area contributed by atoms with Crippen LogP contribution in [0.1, 0.15) is 40.7 Å². The monoisotopic (exact) mass is 361 g/mol. The molecule has 2 aromatic rings. The van der Waals surface area contributed by atoms with E-state index in [0.717, 1.165) is 5.56 Å². The molecule has 130 valence electrons. The van der Waals surface area contributed by atoms with Gasteiger partial charge in [0.05, 0.1) is 5.56 Å². The first-order valence-electron chi connectivity index (χ1n) is 7.95. The van der Waals surface area contributed by atoms with E-state index in [2.05, 4.69) is 5.32 Å². The Morgan fingerprint density at radius 3 is 2.92 bits per heavy atom. The highest BCUT2D eigenvalue weighted by Crippen LogP contribution is 2.39. The fourth-order valence-corrected chi connectivity index (χ4v) is 3.20. The molecule has 0 fully saturated rings. The molecular weight excluding hydrogens is 345 g/mol. The lowest BCUT2D eigenvalue weighted by Gasteiger charge is -2.12. The smallest absolute Gasteiger partial charge is 0.258 e. The van der Waals surface area contributed by atoms with Crippen LogP contribution >= 0.6 is 11.6 Å². The van der Waals surface area contributed by atoms with Gasteiger partial charge in [-0.3, -0.25) is 9.59 Å². The van der Waals surface area contributed by atoms with E-state index in [0.29, 0.717) is 17.1 Å². The maximum Gasteiger partial charge on any atom is 0.258 e. The van der Waals surface area contributed by atoms with E-state index >= 15 is 0 Å². The lowest BCUT2D eigenvalue weighted by atomic mass is 10.0. The second kappa shape index (κ2) is 7.23. The van der Waals surface area contributed by atoms with Crippen molar-refractivity contribution in [2.45, 2.75) is 25.8 Å². The molecule has 0 aromatic heterocycles. The Labute approximate surface area is 149 Å². The number of ketones is 1. The number of ether oxygens (including phenoxy) is 1. The van der Waals surface area contributed by atoms with Gasteiger partial charge in [0.2, 0.25) is 0 Å². The van der Waals surface area contributed by atoms with Crippen LogP contribution in [0.3, 0.4) is 0 Å². The standard InChI is InChI=1S/C19H17ClFNO3/c1-11-7-15(23)19-16(6-5-14(21)18(11)19)25-10-17(24)22-9-12-3-2-4-13(20)8-12/h2-6,8,11H,7,9-10H2,1H3,(H,22,24)/t11-/m0/s1. The van der Waals surface area contributed by atoms with Crippen molar-refractivity contribution in [1.29, 1.82) is 0 Å². The number of carbonyl (C=O) groups excluding carboxylic acids is 2. The average Bonchev–Trinajstić information content (AvgIpc) is 2.88. The van der Waals surface area contributed by atoms with E-state index in [1.807, 2.05) is 6.07 Å². The van der Waals surface area contributed by atoms with Crippen LogP contribution in [0.15, 0.2) is 36.4 Å². The normalized spacial score (nSPS) is 15.8. The SMILES string of the molecule is C[C@H]1CC(=O)c2c(OCC(=O)NCc3cccc(Cl)c3)ccc(F)c21. The van der Waals surface area contributed by atoms with Crippen molar-refractivity contribution in [3.05, 3.63) is 63.9 Å². The van der Waals surface area contributed by atoms with Crippen molar-refractivity contribution >= 4 is 23.3 Å². The number of fused-ring (bicyclic) bond motifs is 1. The molecule has 0 spiro atoms. The van der Waals surface area contributed by atoms with Crippen LogP contribution in [0.5, 0.6) is 5.75 Å². The summed E-state index contributed by atoms with van der Waals surface area (Å²) in [5.74, 6) is -0.828. The van der Waals surface area contributed by atoms with Crippen LogP contribution in [-0.4, -0.2) is 18.3 Å². The summed E-state index contributed by atoms with van der Waals surface area (Å²) in [6.45, 7) is 1.87. The summed E-state index contributed by atoms with van der Waals surface area (Å²) < 4.78 is 19.4. The van der Waals surface area contributed by atoms with Gasteiger partial charge in [0.15, 0.2) is 12.4 Å². The third kappa shape index (κ3) is 3.82. The van der Waals surface area contributed by atoms with Gasteiger partial charge in [-0.2, -0.15) is 0 Å². The largest absolute Gasteiger partial charge is 0.483 e. The van der Waals surface area contributed by atoms with Crippen molar-refractivity contribution < 1.29 is 18.7 Å². The molecule has 0 heterocycles. The van der Waals surface area contributed by atoms with Crippen molar-refractivity contribution in [3.8, 4) is 5.75 Å². The van der Waals surface area contributed by atoms with Crippen molar-refractivity contribution in [1.82, 2.24) is 5.32 Å². The van der Waals surface area contributed by atoms with Gasteiger partial charge >= 0.3 is 0 Å². The molecule has 25 heavy (non-hydrogen) atoms. The fourth-order valence-electron chi connectivity index (χ4n) is 2.99. The molecule has 0 saturated carbocycles. The zero-order valence-electron chi connectivity index (χ0n) is 13.6. The van der Waals surface area contributed by atoms with Crippen molar-refractivity contribution in [3.63, 3.8) is 0 Å². The molecule has 0 unspecified atom stereocenters. The van der Waals surface area contributed by atoms with Crippen LogP contribution in [0.4, 0.5) is 4.39 Å². The number of benzene rings is 2. The topological polar surface area (TPSA) is 55.4 Å². The van der Waals surface area contributed by atoms with Crippen LogP contribution in [0, 0.1) is 5.82 Å². The van der Waals surface area contributed by atoms with Crippen LogP contribution < -0.4 is 10.1 Å². The van der Waals surface area contributed by atoms with E-state index in [1.165, 1.54) is 12.1 Å². The Morgan fingerprint density at radius 1 is 1.36 bits per heavy atom. The summed E-state index contributed by atoms with van der Waals surface area (Å²) in [6, 6.07) is 9.83. The Hall–Kier alpha value is -2.40. The van der Waals surface area contributed by atoms with Gasteiger partial charge in [-0.25, -0.2) is 4.39 Å². The summed E-state index contributed by atoms with van der Waals surface area (Å²) in [5.41, 5.74) is 1.50. The lowest BCUT2D eigenvalue weighted by Crippen LogP contribution is -2.28. The van der Waals surface area contributed by atoms with E-state index in [4.69, 9.17) is 16.3 Å². The summed E-state index contributed by atoms with van der Waals surface area (Å²) in [6.07, 6.45) is 0.258. The lowest BCUT2D eigenvalue weighted by molar-refractivity contribution is -0.123. The number of amides is 1. The first-order chi connectivity index (χ1) is 12.0. The number of hydrogen-bond acceptors (Lipinski definition) is 3. The number of halogens is 2. The van der Waals surface area contributed by atoms with Crippen LogP contribution in [0.2, 0.25) is 5.02 Å². The predicted molar refractivity (Wildman–Crippen MR) is 92.6 cm³/mol. The number of carbonyl (C=O) groups is 2. The van der Waals surface area contributed by atoms with Gasteiger partial charge in [-0.1, -0.05) is 30.7 Å². The van der Waals surface area contributed by atoms with E-state index in [9.17, 15) is 14.0 Å². The summed E-state index contributed by atoms with van der Waals surface area (Å²) in [5, 5.41) is 3.31. The first-order valence-corrected chi connectivity index (χ1v) is 8.33. The highest BCUT2D eigenvalue weighted by atomic mass is 35.5. The van der Waals surface area contributed by atoms with E-state index in [-0.39, 0.29) is 41.9 Å². The average molecular weight is 362 g/mol. The molecular formula is C19H17ClFNO3. The Bertz CT molecular complexity index is 837. The highest BCUT2D eigenvalue weighted by molar-refractivity contribution is 6.30. The Balaban J connectivity index is 1.63. The van der Waals surface area contributed by atoms with Gasteiger partial charge in [-0.15, -0.1) is 0 Å². The molecule has 3 rings (SSSR count). The molecule has 0 saturated heterocycles. The maximum absolute atomic E-state index is 13.9. The van der Waals surface area contributed by atoms with E-state index in [1.54, 1.807) is 25.1 Å². The molecule has 1 atom stereocenters. The van der Waals surface area contributed by atoms with E-state index < -0.39 is 5.82 Å². The van der Waals surface area contributed by atoms with Gasteiger partial charge in [0.1, 0.15) is 11.6 Å². The molecule has 6 heteroatoms. The third-order valence-electron chi connectivity index (χ3n) is 4.15. The quantitative estimate of drug-likeness (QED) is 0.879. The second-order valence-corrected chi connectivity index (χ2v) is 6.49. The number of rotatable bonds is 5. The third-order valence-corrected chi connectivity index (χ3v) is 4.39. The minimum absolute atomic E-state index is 0.156. The number of Topliss-reactive ketones (excluding diaryl/α,β-unsaturated/α-hetero) is 1. The van der Waals surface area contributed by atoms with Gasteiger partial charge in [-0.05, 0) is 35.7 Å². The van der Waals surface area contributed by atoms with Gasteiger partial charge in [0.25, 0.3) is 5.91 Å². The maximum atomic E-state index is 13.9. The van der Waals surface area contributed by atoms with Crippen molar-refractivity contribution in [2.24, 2.45) is 0 Å². The minimum Gasteiger partial charge on any atom is -0.483 e. The van der Waals surface area contributed by atoms with Crippen LogP contribution in [0.25, 0.3) is 0 Å². The second-order valence-electron chi connectivity index (χ2n) is 6.06. The molecule has 2 aromatic carbocycles. The minimum atomic E-state index is -0.411. The molecule has 1 N–H and O–H groups in total. The highest BCUT2D eigenvalue weighted by Gasteiger charge is 2.32. The fraction of sp³-hybridized carbons (Fsp3) is 0.263. The number of hydrogen-bond donors (Lipinski definition) is 1. The predicted octanol–water partition coefficient (Wildman–Crippen LogP) is 3.86. The van der Waals surface area contributed by atoms with Gasteiger partial charge in [0, 0.05) is 23.6 Å². The summed E-state index contributed by atoms with van der Waals surface area (Å²) >= 11 is 5.89. The first kappa shape index (κ1) is 17.4. The molecule has 1 aliphatic carbocycles. The summed E-state index contributed by atoms with van der Waals surface area (Å²) in [4.78, 5) is 24.0. The molecule has 0 bridgehead atoms. The molecule has 0 radical (unpaired) electrons. The molecule has 4 nitrogen and oxygen atoms in total. The van der Waals surface area contributed by atoms with Crippen molar-refractivity contribution in [2.75, 3.05) is 6.61 Å². The Kier molecular flexibility index (Phi) is 5.04.